The number of thioether (sulfide) groups is 1. The summed E-state index contributed by atoms with van der Waals surface area (Å²) in [4.78, 5) is 32.7. The molecule has 0 fully saturated rings. The Bertz CT molecular complexity index is 751. The van der Waals surface area contributed by atoms with Crippen molar-refractivity contribution in [2.75, 3.05) is 0 Å². The number of nitrogens with one attached hydrogen (secondary N) is 1. The van der Waals surface area contributed by atoms with E-state index in [2.05, 4.69) is 23.8 Å². The smallest absolute Gasteiger partial charge is 0.260 e. The Hall–Kier alpha value is -1.34. The molecule has 2 heterocycles. The number of carbonyl (C=O) groups excluding carboxylic acids is 1. The molecule has 1 amide bonds. The van der Waals surface area contributed by atoms with Crippen molar-refractivity contribution in [3.8, 4) is 0 Å². The number of fused-ring (bicyclic) bond motifs is 1. The zero-order valence-corrected chi connectivity index (χ0v) is 14.9. The zero-order valence-electron chi connectivity index (χ0n) is 13.2. The lowest BCUT2D eigenvalue weighted by atomic mass is 9.98. The molecular formula is C15H21N3O2S2. The van der Waals surface area contributed by atoms with Gasteiger partial charge in [0.2, 0.25) is 5.91 Å². The van der Waals surface area contributed by atoms with Gasteiger partial charge < -0.3 is 10.7 Å². The SMILES string of the molecule is CC[C@H](C)Cc1c(C)sc2nc(S[C@@H](C)C(N)=O)[nH]c(=O)c12. The van der Waals surface area contributed by atoms with Gasteiger partial charge in [-0.2, -0.15) is 0 Å². The summed E-state index contributed by atoms with van der Waals surface area (Å²) < 4.78 is 0. The number of amides is 1. The molecule has 0 unspecified atom stereocenters. The van der Waals surface area contributed by atoms with Crippen LogP contribution in [-0.2, 0) is 11.2 Å². The first-order chi connectivity index (χ1) is 10.3. The summed E-state index contributed by atoms with van der Waals surface area (Å²) in [5.41, 5.74) is 6.22. The van der Waals surface area contributed by atoms with Gasteiger partial charge in [0.15, 0.2) is 5.16 Å². The van der Waals surface area contributed by atoms with Crippen LogP contribution < -0.4 is 11.3 Å². The zero-order chi connectivity index (χ0) is 16.4. The van der Waals surface area contributed by atoms with Gasteiger partial charge in [-0.1, -0.05) is 32.0 Å². The quantitative estimate of drug-likeness (QED) is 0.625. The summed E-state index contributed by atoms with van der Waals surface area (Å²) in [5.74, 6) is 0.104. The second kappa shape index (κ2) is 6.83. The summed E-state index contributed by atoms with van der Waals surface area (Å²) in [5, 5.41) is 0.709. The van der Waals surface area contributed by atoms with E-state index in [0.29, 0.717) is 16.5 Å². The van der Waals surface area contributed by atoms with Crippen LogP contribution in [0.3, 0.4) is 0 Å². The number of rotatable bonds is 6. The molecule has 22 heavy (non-hydrogen) atoms. The average Bonchev–Trinajstić information content (AvgIpc) is 2.74. The second-order valence-corrected chi connectivity index (χ2v) is 8.10. The lowest BCUT2D eigenvalue weighted by molar-refractivity contribution is -0.117. The lowest BCUT2D eigenvalue weighted by Crippen LogP contribution is -2.23. The number of thiophene rings is 1. The second-order valence-electron chi connectivity index (χ2n) is 5.57. The fourth-order valence-electron chi connectivity index (χ4n) is 2.18. The molecule has 0 radical (unpaired) electrons. The van der Waals surface area contributed by atoms with E-state index in [1.807, 2.05) is 6.92 Å². The first-order valence-electron chi connectivity index (χ1n) is 7.31. The number of nitrogens with two attached hydrogens (primary N) is 1. The van der Waals surface area contributed by atoms with E-state index in [1.54, 1.807) is 6.92 Å². The summed E-state index contributed by atoms with van der Waals surface area (Å²) >= 11 is 2.71. The maximum atomic E-state index is 12.4. The Morgan fingerprint density at radius 1 is 1.45 bits per heavy atom. The standard InChI is InChI=1S/C15H21N3O2S2/c1-5-7(2)6-10-8(3)21-14-11(10)13(20)17-15(18-14)22-9(4)12(16)19/h7,9H,5-6H2,1-4H3,(H2,16,19)(H,17,18,20)/t7-,9-/m0/s1. The molecule has 0 bridgehead atoms. The minimum atomic E-state index is -0.429. The predicted octanol–water partition coefficient (Wildman–Crippen LogP) is 2.85. The van der Waals surface area contributed by atoms with Crippen molar-refractivity contribution in [1.29, 1.82) is 0 Å². The fraction of sp³-hybridized carbons (Fsp3) is 0.533. The number of hydrogen-bond acceptors (Lipinski definition) is 5. The Labute approximate surface area is 137 Å². The number of hydrogen-bond donors (Lipinski definition) is 2. The number of aromatic amines is 1. The predicted molar refractivity (Wildman–Crippen MR) is 92.7 cm³/mol. The van der Waals surface area contributed by atoms with Gasteiger partial charge in [-0.3, -0.25) is 9.59 Å². The maximum Gasteiger partial charge on any atom is 0.260 e. The highest BCUT2D eigenvalue weighted by atomic mass is 32.2. The molecule has 0 aliphatic rings. The normalized spacial score (nSPS) is 14.2. The number of H-pyrrole nitrogens is 1. The summed E-state index contributed by atoms with van der Waals surface area (Å²) in [7, 11) is 0. The molecule has 3 N–H and O–H groups in total. The van der Waals surface area contributed by atoms with Crippen LogP contribution in [0, 0.1) is 12.8 Å². The number of primary amides is 1. The van der Waals surface area contributed by atoms with Crippen LogP contribution in [0.15, 0.2) is 9.95 Å². The topological polar surface area (TPSA) is 88.8 Å². The van der Waals surface area contributed by atoms with Crippen LogP contribution in [0.5, 0.6) is 0 Å². The summed E-state index contributed by atoms with van der Waals surface area (Å²) in [6.07, 6.45) is 1.96. The van der Waals surface area contributed by atoms with E-state index in [1.165, 1.54) is 23.1 Å². The van der Waals surface area contributed by atoms with Crippen molar-refractivity contribution in [3.63, 3.8) is 0 Å². The van der Waals surface area contributed by atoms with E-state index in [4.69, 9.17) is 5.73 Å². The molecule has 0 spiro atoms. The highest BCUT2D eigenvalue weighted by molar-refractivity contribution is 8.00. The van der Waals surface area contributed by atoms with Gasteiger partial charge in [0.05, 0.1) is 10.6 Å². The van der Waals surface area contributed by atoms with E-state index >= 15 is 0 Å². The molecule has 2 rings (SSSR count). The van der Waals surface area contributed by atoms with Crippen LogP contribution in [0.2, 0.25) is 0 Å². The van der Waals surface area contributed by atoms with Gasteiger partial charge in [0.25, 0.3) is 5.56 Å². The molecule has 5 nitrogen and oxygen atoms in total. The maximum absolute atomic E-state index is 12.4. The van der Waals surface area contributed by atoms with E-state index in [-0.39, 0.29) is 5.56 Å². The van der Waals surface area contributed by atoms with E-state index in [0.717, 1.165) is 28.1 Å². The highest BCUT2D eigenvalue weighted by Gasteiger charge is 2.18. The molecule has 120 valence electrons. The molecule has 7 heteroatoms. The van der Waals surface area contributed by atoms with Crippen molar-refractivity contribution < 1.29 is 4.79 Å². The molecule has 0 aliphatic carbocycles. The highest BCUT2D eigenvalue weighted by Crippen LogP contribution is 2.31. The Balaban J connectivity index is 2.45. The van der Waals surface area contributed by atoms with Gasteiger partial charge in [0.1, 0.15) is 4.83 Å². The van der Waals surface area contributed by atoms with Crippen molar-refractivity contribution in [2.45, 2.75) is 50.9 Å². The van der Waals surface area contributed by atoms with Crippen molar-refractivity contribution in [2.24, 2.45) is 11.7 Å². The van der Waals surface area contributed by atoms with Gasteiger partial charge in [-0.15, -0.1) is 11.3 Å². The first kappa shape index (κ1) is 17.0. The van der Waals surface area contributed by atoms with E-state index < -0.39 is 11.2 Å². The third-order valence-electron chi connectivity index (χ3n) is 3.78. The van der Waals surface area contributed by atoms with Gasteiger partial charge >= 0.3 is 0 Å². The molecule has 2 aromatic heterocycles. The van der Waals surface area contributed by atoms with Gasteiger partial charge in [0, 0.05) is 4.88 Å². The minimum Gasteiger partial charge on any atom is -0.369 e. The third-order valence-corrected chi connectivity index (χ3v) is 5.82. The van der Waals surface area contributed by atoms with Crippen LogP contribution in [0.25, 0.3) is 10.2 Å². The fourth-order valence-corrected chi connectivity index (χ4v) is 4.03. The van der Waals surface area contributed by atoms with Crippen LogP contribution in [-0.4, -0.2) is 21.1 Å². The van der Waals surface area contributed by atoms with Crippen LogP contribution in [0.4, 0.5) is 0 Å². The number of nitrogens with zero attached hydrogens (tertiary/aromatic N) is 1. The van der Waals surface area contributed by atoms with Gasteiger partial charge in [-0.25, -0.2) is 4.98 Å². The van der Waals surface area contributed by atoms with E-state index in [9.17, 15) is 9.59 Å². The molecular weight excluding hydrogens is 318 g/mol. The molecule has 2 aromatic rings. The monoisotopic (exact) mass is 339 g/mol. The molecule has 0 saturated carbocycles. The van der Waals surface area contributed by atoms with Crippen molar-refractivity contribution in [3.05, 3.63) is 20.8 Å². The Kier molecular flexibility index (Phi) is 5.28. The van der Waals surface area contributed by atoms with Crippen molar-refractivity contribution in [1.82, 2.24) is 9.97 Å². The molecule has 0 aliphatic heterocycles. The molecule has 2 atom stereocenters. The average molecular weight is 339 g/mol. The number of aryl methyl sites for hydroxylation is 1. The number of aromatic nitrogens is 2. The largest absolute Gasteiger partial charge is 0.369 e. The minimum absolute atomic E-state index is 0.133. The first-order valence-corrected chi connectivity index (χ1v) is 9.01. The Morgan fingerprint density at radius 2 is 2.14 bits per heavy atom. The Morgan fingerprint density at radius 3 is 2.73 bits per heavy atom. The molecule has 0 saturated heterocycles. The lowest BCUT2D eigenvalue weighted by Gasteiger charge is -2.08. The molecule has 0 aromatic carbocycles. The van der Waals surface area contributed by atoms with Crippen molar-refractivity contribution >= 4 is 39.2 Å². The summed E-state index contributed by atoms with van der Waals surface area (Å²) in [6, 6.07) is 0. The van der Waals surface area contributed by atoms with Crippen LogP contribution in [0.1, 0.15) is 37.6 Å². The third kappa shape index (κ3) is 3.52. The summed E-state index contributed by atoms with van der Waals surface area (Å²) in [6.45, 7) is 8.06. The van der Waals surface area contributed by atoms with Crippen LogP contribution >= 0.6 is 23.1 Å². The van der Waals surface area contributed by atoms with Gasteiger partial charge in [-0.05, 0) is 31.7 Å². The number of carbonyl (C=O) groups is 1.